The lowest BCUT2D eigenvalue weighted by Crippen LogP contribution is -2.51. The highest BCUT2D eigenvalue weighted by Crippen LogP contribution is 2.17. The molecular formula is C14H16O2Si. The van der Waals surface area contributed by atoms with E-state index in [1.807, 2.05) is 23.9 Å². The minimum absolute atomic E-state index is 1.11. The normalized spacial score (nSPS) is 11.6. The SMILES string of the molecule is C=C[Si](OC)(OC)c1cccc2ccccc12. The Morgan fingerprint density at radius 2 is 1.65 bits per heavy atom. The van der Waals surface area contributed by atoms with Gasteiger partial charge in [-0.3, -0.25) is 0 Å². The summed E-state index contributed by atoms with van der Waals surface area (Å²) in [6.45, 7) is 3.87. The lowest BCUT2D eigenvalue weighted by molar-refractivity contribution is 0.271. The van der Waals surface area contributed by atoms with Crippen LogP contribution in [0.3, 0.4) is 0 Å². The molecule has 88 valence electrons. The fourth-order valence-corrected chi connectivity index (χ4v) is 4.20. The first-order chi connectivity index (χ1) is 8.27. The highest BCUT2D eigenvalue weighted by Gasteiger charge is 2.35. The molecule has 0 N–H and O–H groups in total. The Morgan fingerprint density at radius 3 is 2.29 bits per heavy atom. The Labute approximate surface area is 103 Å². The molecule has 0 heterocycles. The summed E-state index contributed by atoms with van der Waals surface area (Å²) < 4.78 is 11.3. The molecule has 3 heteroatoms. The fourth-order valence-electron chi connectivity index (χ4n) is 2.11. The van der Waals surface area contributed by atoms with Crippen LogP contribution in [0.25, 0.3) is 10.8 Å². The van der Waals surface area contributed by atoms with Crippen molar-refractivity contribution in [2.24, 2.45) is 0 Å². The summed E-state index contributed by atoms with van der Waals surface area (Å²) in [6.07, 6.45) is 0. The van der Waals surface area contributed by atoms with Crippen LogP contribution in [0.5, 0.6) is 0 Å². The lowest BCUT2D eigenvalue weighted by Gasteiger charge is -2.25. The average molecular weight is 244 g/mol. The van der Waals surface area contributed by atoms with Gasteiger partial charge in [-0.25, -0.2) is 0 Å². The third-order valence-electron chi connectivity index (χ3n) is 3.04. The average Bonchev–Trinajstić information content (AvgIpc) is 2.41. The van der Waals surface area contributed by atoms with Gasteiger partial charge in [0.1, 0.15) is 0 Å². The van der Waals surface area contributed by atoms with Crippen LogP contribution in [0, 0.1) is 0 Å². The van der Waals surface area contributed by atoms with Gasteiger partial charge in [-0.1, -0.05) is 42.5 Å². The van der Waals surface area contributed by atoms with Crippen molar-refractivity contribution in [2.75, 3.05) is 14.2 Å². The van der Waals surface area contributed by atoms with Gasteiger partial charge in [0.25, 0.3) is 0 Å². The summed E-state index contributed by atoms with van der Waals surface area (Å²) in [4.78, 5) is 0. The molecule has 17 heavy (non-hydrogen) atoms. The molecule has 2 nitrogen and oxygen atoms in total. The highest BCUT2D eigenvalue weighted by molar-refractivity contribution is 6.87. The van der Waals surface area contributed by atoms with Gasteiger partial charge in [0.05, 0.1) is 0 Å². The van der Waals surface area contributed by atoms with Crippen LogP contribution in [-0.4, -0.2) is 22.8 Å². The minimum Gasteiger partial charge on any atom is -0.391 e. The largest absolute Gasteiger partial charge is 0.399 e. The zero-order chi connectivity index (χ0) is 12.3. The Kier molecular flexibility index (Phi) is 3.42. The molecule has 2 aromatic carbocycles. The molecule has 0 fully saturated rings. The summed E-state index contributed by atoms with van der Waals surface area (Å²) in [5.74, 6) is 0. The van der Waals surface area contributed by atoms with Crippen LogP contribution in [0.4, 0.5) is 0 Å². The smallest absolute Gasteiger partial charge is 0.391 e. The van der Waals surface area contributed by atoms with E-state index in [1.165, 1.54) is 10.8 Å². The van der Waals surface area contributed by atoms with E-state index in [-0.39, 0.29) is 0 Å². The van der Waals surface area contributed by atoms with Crippen LogP contribution >= 0.6 is 0 Å². The van der Waals surface area contributed by atoms with Gasteiger partial charge in [0.15, 0.2) is 0 Å². The summed E-state index contributed by atoms with van der Waals surface area (Å²) in [5.41, 5.74) is 1.81. The van der Waals surface area contributed by atoms with Gasteiger partial charge < -0.3 is 8.85 Å². The van der Waals surface area contributed by atoms with E-state index in [0.29, 0.717) is 0 Å². The molecule has 0 saturated carbocycles. The third-order valence-corrected chi connectivity index (χ3v) is 5.98. The number of fused-ring (bicyclic) bond motifs is 1. The van der Waals surface area contributed by atoms with Crippen molar-refractivity contribution in [3.05, 3.63) is 54.7 Å². The summed E-state index contributed by atoms with van der Waals surface area (Å²) in [7, 11) is 0.865. The zero-order valence-electron chi connectivity index (χ0n) is 10.1. The monoisotopic (exact) mass is 244 g/mol. The fraction of sp³-hybridized carbons (Fsp3) is 0.143. The molecule has 0 spiro atoms. The van der Waals surface area contributed by atoms with Crippen molar-refractivity contribution < 1.29 is 8.85 Å². The molecule has 0 unspecified atom stereocenters. The van der Waals surface area contributed by atoms with Gasteiger partial charge in [-0.05, 0) is 16.5 Å². The minimum atomic E-state index is -2.49. The molecular weight excluding hydrogens is 228 g/mol. The molecule has 0 amide bonds. The van der Waals surface area contributed by atoms with Crippen LogP contribution in [0.1, 0.15) is 0 Å². The maximum Gasteiger partial charge on any atom is 0.399 e. The van der Waals surface area contributed by atoms with E-state index in [9.17, 15) is 0 Å². The van der Waals surface area contributed by atoms with E-state index >= 15 is 0 Å². The maximum atomic E-state index is 5.63. The summed E-state index contributed by atoms with van der Waals surface area (Å²) >= 11 is 0. The van der Waals surface area contributed by atoms with Crippen LogP contribution < -0.4 is 5.19 Å². The predicted molar refractivity (Wildman–Crippen MR) is 73.6 cm³/mol. The van der Waals surface area contributed by atoms with Crippen molar-refractivity contribution in [1.82, 2.24) is 0 Å². The van der Waals surface area contributed by atoms with Crippen molar-refractivity contribution >= 4 is 24.5 Å². The van der Waals surface area contributed by atoms with Gasteiger partial charge in [-0.2, -0.15) is 0 Å². The molecule has 0 saturated heterocycles. The Hall–Kier alpha value is -1.42. The van der Waals surface area contributed by atoms with Crippen molar-refractivity contribution in [2.45, 2.75) is 0 Å². The Bertz CT molecular complexity index is 527. The maximum absolute atomic E-state index is 5.63. The van der Waals surface area contributed by atoms with Crippen LogP contribution in [-0.2, 0) is 8.85 Å². The Morgan fingerprint density at radius 1 is 1.00 bits per heavy atom. The number of benzene rings is 2. The molecule has 0 aliphatic carbocycles. The molecule has 2 aromatic rings. The molecule has 0 aliphatic rings. The second-order valence-electron chi connectivity index (χ2n) is 3.81. The number of hydrogen-bond acceptors (Lipinski definition) is 2. The Balaban J connectivity index is 2.73. The first-order valence-electron chi connectivity index (χ1n) is 5.49. The number of rotatable bonds is 4. The van der Waals surface area contributed by atoms with Crippen molar-refractivity contribution in [1.29, 1.82) is 0 Å². The molecule has 0 radical (unpaired) electrons. The van der Waals surface area contributed by atoms with Crippen LogP contribution in [0.15, 0.2) is 54.7 Å². The van der Waals surface area contributed by atoms with E-state index < -0.39 is 8.56 Å². The first-order valence-corrected chi connectivity index (χ1v) is 7.39. The van der Waals surface area contributed by atoms with Gasteiger partial charge in [0, 0.05) is 19.4 Å². The quantitative estimate of drug-likeness (QED) is 0.769. The van der Waals surface area contributed by atoms with E-state index in [4.69, 9.17) is 8.85 Å². The first kappa shape index (κ1) is 12.0. The van der Waals surface area contributed by atoms with Crippen molar-refractivity contribution in [3.63, 3.8) is 0 Å². The van der Waals surface area contributed by atoms with Gasteiger partial charge in [0.2, 0.25) is 0 Å². The summed E-state index contributed by atoms with van der Waals surface area (Å²) in [6, 6.07) is 14.4. The molecule has 0 atom stereocenters. The molecule has 0 aromatic heterocycles. The standard InChI is InChI=1S/C14H16O2Si/c1-4-17(15-2,16-3)14-11-7-9-12-8-5-6-10-13(12)14/h4-11H,1H2,2-3H3. The van der Waals surface area contributed by atoms with Gasteiger partial charge in [-0.15, -0.1) is 6.58 Å². The van der Waals surface area contributed by atoms with E-state index in [2.05, 4.69) is 30.8 Å². The second-order valence-corrected chi connectivity index (χ2v) is 6.90. The van der Waals surface area contributed by atoms with E-state index in [1.54, 1.807) is 14.2 Å². The van der Waals surface area contributed by atoms with Crippen LogP contribution in [0.2, 0.25) is 0 Å². The molecule has 2 rings (SSSR count). The zero-order valence-corrected chi connectivity index (χ0v) is 11.1. The molecule has 0 bridgehead atoms. The predicted octanol–water partition coefficient (Wildman–Crippen LogP) is 2.51. The second kappa shape index (κ2) is 4.83. The van der Waals surface area contributed by atoms with Crippen molar-refractivity contribution in [3.8, 4) is 0 Å². The van der Waals surface area contributed by atoms with Gasteiger partial charge >= 0.3 is 8.56 Å². The lowest BCUT2D eigenvalue weighted by atomic mass is 10.1. The highest BCUT2D eigenvalue weighted by atomic mass is 28.4. The molecule has 0 aliphatic heterocycles. The van der Waals surface area contributed by atoms with E-state index in [0.717, 1.165) is 5.19 Å². The summed E-state index contributed by atoms with van der Waals surface area (Å²) in [5, 5.41) is 3.47. The topological polar surface area (TPSA) is 18.5 Å². The number of hydrogen-bond donors (Lipinski definition) is 0. The third kappa shape index (κ3) is 1.93.